The van der Waals surface area contributed by atoms with Crippen LogP contribution in [-0.2, 0) is 4.74 Å². The van der Waals surface area contributed by atoms with Crippen LogP contribution in [0, 0.1) is 11.3 Å². The van der Waals surface area contributed by atoms with Crippen LogP contribution in [0.25, 0.3) is 0 Å². The van der Waals surface area contributed by atoms with Gasteiger partial charge in [-0.05, 0) is 31.0 Å². The third-order valence-electron chi connectivity index (χ3n) is 2.13. The average Bonchev–Trinajstić information content (AvgIpc) is 2.25. The van der Waals surface area contributed by atoms with Gasteiger partial charge < -0.3 is 4.74 Å². The van der Waals surface area contributed by atoms with Crippen LogP contribution in [0.1, 0.15) is 31.4 Å². The highest BCUT2D eigenvalue weighted by Crippen LogP contribution is 2.23. The van der Waals surface area contributed by atoms with Gasteiger partial charge >= 0.3 is 0 Å². The number of hydrogen-bond acceptors (Lipinski definition) is 2. The first-order valence-electron chi connectivity index (χ1n) is 5.02. The highest BCUT2D eigenvalue weighted by Gasteiger charge is 2.10. The molecule has 0 unspecified atom stereocenters. The van der Waals surface area contributed by atoms with Gasteiger partial charge in [0.25, 0.3) is 0 Å². The molecule has 1 rings (SSSR count). The van der Waals surface area contributed by atoms with E-state index in [-0.39, 0.29) is 6.10 Å². The Labute approximate surface area is 95.4 Å². The van der Waals surface area contributed by atoms with Gasteiger partial charge in [0.1, 0.15) is 0 Å². The van der Waals surface area contributed by atoms with Crippen LogP contribution in [0.4, 0.5) is 0 Å². The van der Waals surface area contributed by atoms with Crippen molar-refractivity contribution in [1.82, 2.24) is 0 Å². The molecule has 0 saturated heterocycles. The van der Waals surface area contributed by atoms with Crippen molar-refractivity contribution in [3.8, 4) is 6.07 Å². The van der Waals surface area contributed by atoms with Crippen molar-refractivity contribution < 1.29 is 4.74 Å². The zero-order valence-electron chi connectivity index (χ0n) is 8.74. The van der Waals surface area contributed by atoms with Crippen molar-refractivity contribution in [3.63, 3.8) is 0 Å². The summed E-state index contributed by atoms with van der Waals surface area (Å²) < 4.78 is 5.58. The minimum Gasteiger partial charge on any atom is -0.374 e. The fourth-order valence-electron chi connectivity index (χ4n) is 1.42. The zero-order chi connectivity index (χ0) is 11.1. The second-order valence-corrected chi connectivity index (χ2v) is 3.63. The maximum Gasteiger partial charge on any atom is 0.0834 e. The molecule has 0 aliphatic heterocycles. The number of rotatable bonds is 5. The topological polar surface area (TPSA) is 33.0 Å². The summed E-state index contributed by atoms with van der Waals surface area (Å²) in [6.07, 6.45) is 1.24. The van der Waals surface area contributed by atoms with Crippen molar-refractivity contribution in [2.45, 2.75) is 25.9 Å². The fraction of sp³-hybridized carbons (Fsp3) is 0.417. The van der Waals surface area contributed by atoms with Crippen molar-refractivity contribution in [3.05, 3.63) is 34.9 Å². The number of nitrogens with zero attached hydrogens (tertiary/aromatic N) is 1. The molecule has 0 aliphatic rings. The maximum atomic E-state index is 8.55. The third-order valence-corrected chi connectivity index (χ3v) is 2.38. The molecule has 80 valence electrons. The van der Waals surface area contributed by atoms with E-state index in [9.17, 15) is 0 Å². The van der Waals surface area contributed by atoms with Crippen LogP contribution in [0.15, 0.2) is 24.3 Å². The Morgan fingerprint density at radius 3 is 2.60 bits per heavy atom. The molecule has 0 aromatic heterocycles. The van der Waals surface area contributed by atoms with E-state index in [2.05, 4.69) is 6.07 Å². The molecular weight excluding hydrogens is 210 g/mol. The van der Waals surface area contributed by atoms with Gasteiger partial charge in [-0.15, -0.1) is 0 Å². The van der Waals surface area contributed by atoms with E-state index in [4.69, 9.17) is 21.6 Å². The Bertz CT molecular complexity index is 328. The molecule has 0 amide bonds. The summed E-state index contributed by atoms with van der Waals surface area (Å²) in [5, 5.41) is 9.26. The Balaban J connectivity index is 2.70. The Kier molecular flexibility index (Phi) is 5.17. The minimum atomic E-state index is 0.00640. The molecule has 1 aromatic carbocycles. The Morgan fingerprint density at radius 2 is 2.07 bits per heavy atom. The molecule has 0 N–H and O–H groups in total. The number of nitriles is 1. The molecular formula is C12H14ClNO. The van der Waals surface area contributed by atoms with Crippen LogP contribution in [0.3, 0.4) is 0 Å². The van der Waals surface area contributed by atoms with Crippen LogP contribution in [0.5, 0.6) is 0 Å². The Hall–Kier alpha value is -1.04. The molecule has 0 spiro atoms. The maximum absolute atomic E-state index is 8.55. The zero-order valence-corrected chi connectivity index (χ0v) is 9.50. The highest BCUT2D eigenvalue weighted by molar-refractivity contribution is 6.30. The summed E-state index contributed by atoms with van der Waals surface area (Å²) in [6, 6.07) is 9.71. The molecule has 1 aromatic rings. The van der Waals surface area contributed by atoms with E-state index in [1.54, 1.807) is 0 Å². The molecule has 1 atom stereocenters. The molecule has 0 fully saturated rings. The SMILES string of the molecule is CCO[C@H](CCC#N)c1ccc(Cl)cc1. The smallest absolute Gasteiger partial charge is 0.0834 e. The first-order chi connectivity index (χ1) is 7.27. The van der Waals surface area contributed by atoms with Crippen molar-refractivity contribution in [2.75, 3.05) is 6.61 Å². The largest absolute Gasteiger partial charge is 0.374 e. The predicted octanol–water partition coefficient (Wildman–Crippen LogP) is 3.72. The van der Waals surface area contributed by atoms with Gasteiger partial charge in [0.05, 0.1) is 12.2 Å². The molecule has 2 nitrogen and oxygen atoms in total. The second-order valence-electron chi connectivity index (χ2n) is 3.19. The monoisotopic (exact) mass is 223 g/mol. The van der Waals surface area contributed by atoms with Crippen molar-refractivity contribution >= 4 is 11.6 Å². The summed E-state index contributed by atoms with van der Waals surface area (Å²) in [6.45, 7) is 2.61. The van der Waals surface area contributed by atoms with Gasteiger partial charge in [0.15, 0.2) is 0 Å². The number of ether oxygens (including phenoxy) is 1. The third kappa shape index (κ3) is 3.91. The van der Waals surface area contributed by atoms with E-state index in [1.807, 2.05) is 31.2 Å². The van der Waals surface area contributed by atoms with E-state index >= 15 is 0 Å². The standard InChI is InChI=1S/C12H14ClNO/c1-2-15-12(4-3-9-14)10-5-7-11(13)8-6-10/h5-8,12H,2-4H2,1H3/t12-/m1/s1. The van der Waals surface area contributed by atoms with E-state index in [0.29, 0.717) is 18.1 Å². The van der Waals surface area contributed by atoms with Gasteiger partial charge in [-0.1, -0.05) is 23.7 Å². The quantitative estimate of drug-likeness (QED) is 0.762. The van der Waals surface area contributed by atoms with Crippen LogP contribution in [-0.4, -0.2) is 6.61 Å². The minimum absolute atomic E-state index is 0.00640. The van der Waals surface area contributed by atoms with Crippen molar-refractivity contribution in [2.24, 2.45) is 0 Å². The molecule has 0 aliphatic carbocycles. The second kappa shape index (κ2) is 6.44. The van der Waals surface area contributed by atoms with E-state index in [1.165, 1.54) is 0 Å². The normalized spacial score (nSPS) is 12.1. The molecule has 15 heavy (non-hydrogen) atoms. The van der Waals surface area contributed by atoms with E-state index < -0.39 is 0 Å². The summed E-state index contributed by atoms with van der Waals surface area (Å²) in [5.41, 5.74) is 1.08. The first kappa shape index (κ1) is 12.0. The summed E-state index contributed by atoms with van der Waals surface area (Å²) >= 11 is 5.80. The van der Waals surface area contributed by atoms with Gasteiger partial charge in [0, 0.05) is 18.1 Å². The van der Waals surface area contributed by atoms with Crippen LogP contribution < -0.4 is 0 Å². The number of hydrogen-bond donors (Lipinski definition) is 0. The predicted molar refractivity (Wildman–Crippen MR) is 60.7 cm³/mol. The van der Waals surface area contributed by atoms with Gasteiger partial charge in [-0.2, -0.15) is 5.26 Å². The first-order valence-corrected chi connectivity index (χ1v) is 5.39. The highest BCUT2D eigenvalue weighted by atomic mass is 35.5. The molecule has 0 heterocycles. The molecule has 0 radical (unpaired) electrons. The number of benzene rings is 1. The fourth-order valence-corrected chi connectivity index (χ4v) is 1.55. The van der Waals surface area contributed by atoms with E-state index in [0.717, 1.165) is 12.0 Å². The lowest BCUT2D eigenvalue weighted by Crippen LogP contribution is -2.03. The average molecular weight is 224 g/mol. The molecule has 0 saturated carbocycles. The van der Waals surface area contributed by atoms with Crippen molar-refractivity contribution in [1.29, 1.82) is 5.26 Å². The molecule has 3 heteroatoms. The molecule has 0 bridgehead atoms. The van der Waals surface area contributed by atoms with Gasteiger partial charge in [-0.25, -0.2) is 0 Å². The lowest BCUT2D eigenvalue weighted by atomic mass is 10.1. The van der Waals surface area contributed by atoms with Crippen LogP contribution in [0.2, 0.25) is 5.02 Å². The van der Waals surface area contributed by atoms with Crippen LogP contribution >= 0.6 is 11.6 Å². The summed E-state index contributed by atoms with van der Waals surface area (Å²) in [5.74, 6) is 0. The Morgan fingerprint density at radius 1 is 1.40 bits per heavy atom. The summed E-state index contributed by atoms with van der Waals surface area (Å²) in [4.78, 5) is 0. The lowest BCUT2D eigenvalue weighted by Gasteiger charge is -2.15. The lowest BCUT2D eigenvalue weighted by molar-refractivity contribution is 0.0572. The van der Waals surface area contributed by atoms with Gasteiger partial charge in [-0.3, -0.25) is 0 Å². The summed E-state index contributed by atoms with van der Waals surface area (Å²) in [7, 11) is 0. The van der Waals surface area contributed by atoms with Gasteiger partial charge in [0.2, 0.25) is 0 Å². The number of halogens is 1.